The second-order valence-corrected chi connectivity index (χ2v) is 5.01. The number of carboxylic acid groups (broad SMARTS) is 1. The standard InChI is InChI=1S/C11H20N2O4/c1-6(13-10(17)11(3,4)5)8(14)12-7(2)9(15)16/h6-7H,1-5H3,(H,12,14)(H,13,17)(H,15,16)/t6?,7-/m0/s1. The monoisotopic (exact) mass is 244 g/mol. The number of hydrogen-bond acceptors (Lipinski definition) is 3. The maximum atomic E-state index is 11.6. The minimum atomic E-state index is -1.12. The Bertz CT molecular complexity index is 320. The number of carboxylic acids is 1. The highest BCUT2D eigenvalue weighted by atomic mass is 16.4. The molecule has 0 aromatic rings. The van der Waals surface area contributed by atoms with Crippen molar-refractivity contribution in [1.29, 1.82) is 0 Å². The highest BCUT2D eigenvalue weighted by molar-refractivity contribution is 5.91. The largest absolute Gasteiger partial charge is 0.480 e. The van der Waals surface area contributed by atoms with Gasteiger partial charge in [-0.15, -0.1) is 0 Å². The van der Waals surface area contributed by atoms with Gasteiger partial charge in [-0.2, -0.15) is 0 Å². The smallest absolute Gasteiger partial charge is 0.325 e. The van der Waals surface area contributed by atoms with Crippen LogP contribution in [-0.4, -0.2) is 35.0 Å². The number of carbonyl (C=O) groups excluding carboxylic acids is 2. The van der Waals surface area contributed by atoms with Gasteiger partial charge in [-0.1, -0.05) is 20.8 Å². The number of hydrogen-bond donors (Lipinski definition) is 3. The Morgan fingerprint density at radius 1 is 1.00 bits per heavy atom. The molecule has 0 fully saturated rings. The van der Waals surface area contributed by atoms with E-state index in [9.17, 15) is 14.4 Å². The number of carbonyl (C=O) groups is 3. The zero-order valence-electron chi connectivity index (χ0n) is 10.8. The molecule has 0 saturated heterocycles. The van der Waals surface area contributed by atoms with Crippen molar-refractivity contribution in [2.45, 2.75) is 46.7 Å². The molecule has 0 aromatic heterocycles. The predicted octanol–water partition coefficient (Wildman–Crippen LogP) is 0.127. The number of nitrogens with one attached hydrogen (secondary N) is 2. The van der Waals surface area contributed by atoms with Crippen LogP contribution in [-0.2, 0) is 14.4 Å². The summed E-state index contributed by atoms with van der Waals surface area (Å²) in [6.07, 6.45) is 0. The minimum absolute atomic E-state index is 0.261. The van der Waals surface area contributed by atoms with Crippen LogP contribution in [0.1, 0.15) is 34.6 Å². The summed E-state index contributed by atoms with van der Waals surface area (Å²) >= 11 is 0. The Labute approximate surface area is 101 Å². The molecule has 3 N–H and O–H groups in total. The van der Waals surface area contributed by atoms with Crippen molar-refractivity contribution in [1.82, 2.24) is 10.6 Å². The molecule has 0 aliphatic rings. The highest BCUT2D eigenvalue weighted by Gasteiger charge is 2.26. The highest BCUT2D eigenvalue weighted by Crippen LogP contribution is 2.12. The molecule has 2 amide bonds. The molecular weight excluding hydrogens is 224 g/mol. The maximum Gasteiger partial charge on any atom is 0.325 e. The summed E-state index contributed by atoms with van der Waals surface area (Å²) in [5.74, 6) is -1.90. The lowest BCUT2D eigenvalue weighted by molar-refractivity contribution is -0.141. The molecule has 17 heavy (non-hydrogen) atoms. The van der Waals surface area contributed by atoms with Gasteiger partial charge in [-0.05, 0) is 13.8 Å². The first-order chi connectivity index (χ1) is 7.55. The molecule has 0 aliphatic carbocycles. The summed E-state index contributed by atoms with van der Waals surface area (Å²) in [6, 6.07) is -1.74. The van der Waals surface area contributed by atoms with Crippen LogP contribution in [0.5, 0.6) is 0 Å². The summed E-state index contributed by atoms with van der Waals surface area (Å²) in [5, 5.41) is 13.4. The minimum Gasteiger partial charge on any atom is -0.480 e. The summed E-state index contributed by atoms with van der Waals surface area (Å²) < 4.78 is 0. The van der Waals surface area contributed by atoms with Crippen LogP contribution in [0, 0.1) is 5.41 Å². The predicted molar refractivity (Wildman–Crippen MR) is 62.3 cm³/mol. The van der Waals surface area contributed by atoms with Gasteiger partial charge in [0, 0.05) is 5.41 Å². The van der Waals surface area contributed by atoms with Gasteiger partial charge in [0.05, 0.1) is 0 Å². The Kier molecular flexibility index (Phi) is 5.12. The first-order valence-electron chi connectivity index (χ1n) is 5.40. The van der Waals surface area contributed by atoms with Crippen LogP contribution >= 0.6 is 0 Å². The summed E-state index contributed by atoms with van der Waals surface area (Å²) in [7, 11) is 0. The zero-order chi connectivity index (χ0) is 13.8. The SMILES string of the molecule is CC(NC(=O)C(C)(C)C)C(=O)N[C@@H](C)C(=O)O. The van der Waals surface area contributed by atoms with E-state index in [2.05, 4.69) is 10.6 Å². The van der Waals surface area contributed by atoms with Gasteiger partial charge in [-0.25, -0.2) is 0 Å². The van der Waals surface area contributed by atoms with Crippen LogP contribution in [0.4, 0.5) is 0 Å². The van der Waals surface area contributed by atoms with E-state index in [4.69, 9.17) is 5.11 Å². The number of amides is 2. The summed E-state index contributed by atoms with van der Waals surface area (Å²) in [4.78, 5) is 33.7. The molecule has 98 valence electrons. The molecule has 0 aliphatic heterocycles. The van der Waals surface area contributed by atoms with Gasteiger partial charge in [0.25, 0.3) is 0 Å². The van der Waals surface area contributed by atoms with E-state index in [1.165, 1.54) is 13.8 Å². The van der Waals surface area contributed by atoms with Gasteiger partial charge < -0.3 is 15.7 Å². The van der Waals surface area contributed by atoms with Crippen molar-refractivity contribution in [3.63, 3.8) is 0 Å². The fourth-order valence-corrected chi connectivity index (χ4v) is 0.879. The topological polar surface area (TPSA) is 95.5 Å². The van der Waals surface area contributed by atoms with Crippen molar-refractivity contribution in [3.05, 3.63) is 0 Å². The molecule has 0 heterocycles. The fraction of sp³-hybridized carbons (Fsp3) is 0.727. The van der Waals surface area contributed by atoms with E-state index < -0.39 is 29.4 Å². The van der Waals surface area contributed by atoms with Crippen LogP contribution in [0.3, 0.4) is 0 Å². The van der Waals surface area contributed by atoms with E-state index in [1.807, 2.05) is 0 Å². The van der Waals surface area contributed by atoms with Crippen LogP contribution in [0.2, 0.25) is 0 Å². The Hall–Kier alpha value is -1.59. The normalized spacial score (nSPS) is 14.6. The molecule has 0 radical (unpaired) electrons. The lowest BCUT2D eigenvalue weighted by Crippen LogP contribution is -2.51. The molecule has 1 unspecified atom stereocenters. The first-order valence-corrected chi connectivity index (χ1v) is 5.40. The van der Waals surface area contributed by atoms with E-state index >= 15 is 0 Å². The third-order valence-corrected chi connectivity index (χ3v) is 2.15. The van der Waals surface area contributed by atoms with E-state index in [1.54, 1.807) is 20.8 Å². The molecule has 0 aromatic carbocycles. The van der Waals surface area contributed by atoms with Crippen molar-refractivity contribution in [2.75, 3.05) is 0 Å². The van der Waals surface area contributed by atoms with E-state index in [0.717, 1.165) is 0 Å². The van der Waals surface area contributed by atoms with Crippen molar-refractivity contribution in [3.8, 4) is 0 Å². The quantitative estimate of drug-likeness (QED) is 0.655. The molecule has 6 heteroatoms. The lowest BCUT2D eigenvalue weighted by Gasteiger charge is -2.22. The van der Waals surface area contributed by atoms with Crippen LogP contribution < -0.4 is 10.6 Å². The second-order valence-electron chi connectivity index (χ2n) is 5.01. The number of rotatable bonds is 4. The Morgan fingerprint density at radius 3 is 1.82 bits per heavy atom. The maximum absolute atomic E-state index is 11.6. The zero-order valence-corrected chi connectivity index (χ0v) is 10.8. The average molecular weight is 244 g/mol. The molecule has 0 spiro atoms. The molecule has 2 atom stereocenters. The van der Waals surface area contributed by atoms with Crippen LogP contribution in [0.15, 0.2) is 0 Å². The van der Waals surface area contributed by atoms with E-state index in [0.29, 0.717) is 0 Å². The van der Waals surface area contributed by atoms with E-state index in [-0.39, 0.29) is 5.91 Å². The molecule has 0 saturated carbocycles. The van der Waals surface area contributed by atoms with Gasteiger partial charge in [0.1, 0.15) is 12.1 Å². The second kappa shape index (κ2) is 5.65. The fourth-order valence-electron chi connectivity index (χ4n) is 0.879. The first kappa shape index (κ1) is 15.4. The summed E-state index contributed by atoms with van der Waals surface area (Å²) in [5.41, 5.74) is -0.590. The average Bonchev–Trinajstić information content (AvgIpc) is 2.15. The summed E-state index contributed by atoms with van der Waals surface area (Å²) in [6.45, 7) is 8.05. The van der Waals surface area contributed by atoms with Crippen LogP contribution in [0.25, 0.3) is 0 Å². The van der Waals surface area contributed by atoms with Crippen molar-refractivity contribution >= 4 is 17.8 Å². The Morgan fingerprint density at radius 2 is 1.47 bits per heavy atom. The number of aliphatic carboxylic acids is 1. The van der Waals surface area contributed by atoms with Crippen molar-refractivity contribution < 1.29 is 19.5 Å². The molecule has 0 rings (SSSR count). The van der Waals surface area contributed by atoms with Gasteiger partial charge in [-0.3, -0.25) is 14.4 Å². The Balaban J connectivity index is 4.34. The lowest BCUT2D eigenvalue weighted by atomic mass is 9.95. The third kappa shape index (κ3) is 5.33. The van der Waals surface area contributed by atoms with Gasteiger partial charge in [0.15, 0.2) is 0 Å². The molecular formula is C11H20N2O4. The molecule has 0 bridgehead atoms. The third-order valence-electron chi connectivity index (χ3n) is 2.15. The van der Waals surface area contributed by atoms with Gasteiger partial charge in [0.2, 0.25) is 11.8 Å². The molecule has 6 nitrogen and oxygen atoms in total. The van der Waals surface area contributed by atoms with Crippen molar-refractivity contribution in [2.24, 2.45) is 5.41 Å². The van der Waals surface area contributed by atoms with Gasteiger partial charge >= 0.3 is 5.97 Å².